The van der Waals surface area contributed by atoms with Crippen molar-refractivity contribution < 1.29 is 9.90 Å². The van der Waals surface area contributed by atoms with Crippen LogP contribution in [0.2, 0.25) is 0 Å². The number of Topliss-reactive ketones (excluding diaryl/α,β-unsaturated/α-hetero) is 1. The summed E-state index contributed by atoms with van der Waals surface area (Å²) in [4.78, 5) is 11.8. The molecule has 0 saturated carbocycles. The fourth-order valence-corrected chi connectivity index (χ4v) is 2.88. The first-order valence-electron chi connectivity index (χ1n) is 7.77. The third-order valence-electron chi connectivity index (χ3n) is 4.25. The van der Waals surface area contributed by atoms with Gasteiger partial charge in [0.05, 0.1) is 5.56 Å². The van der Waals surface area contributed by atoms with Crippen LogP contribution < -0.4 is 0 Å². The zero-order valence-corrected chi connectivity index (χ0v) is 13.7. The first-order valence-corrected chi connectivity index (χ1v) is 7.77. The number of ketones is 1. The fourth-order valence-electron chi connectivity index (χ4n) is 2.88. The Labute approximate surface area is 123 Å². The lowest BCUT2D eigenvalue weighted by Crippen LogP contribution is -2.25. The lowest BCUT2D eigenvalue weighted by atomic mass is 9.68. The second kappa shape index (κ2) is 6.43. The molecule has 20 heavy (non-hydrogen) atoms. The minimum Gasteiger partial charge on any atom is -0.507 e. The molecule has 0 spiro atoms. The Morgan fingerprint density at radius 3 is 2.50 bits per heavy atom. The molecule has 0 fully saturated rings. The topological polar surface area (TPSA) is 37.3 Å². The third kappa shape index (κ3) is 3.05. The maximum Gasteiger partial charge on any atom is 0.166 e. The summed E-state index contributed by atoms with van der Waals surface area (Å²) in [6.07, 6.45) is 2.70. The molecule has 0 amide bonds. The summed E-state index contributed by atoms with van der Waals surface area (Å²) in [5.74, 6) is 0.630. The van der Waals surface area contributed by atoms with Gasteiger partial charge < -0.3 is 5.11 Å². The lowest BCUT2D eigenvalue weighted by molar-refractivity contribution is 0.0985. The molecule has 0 heterocycles. The predicted molar refractivity (Wildman–Crippen MR) is 84.8 cm³/mol. The van der Waals surface area contributed by atoms with Gasteiger partial charge in [0, 0.05) is 6.42 Å². The smallest absolute Gasteiger partial charge is 0.166 e. The summed E-state index contributed by atoms with van der Waals surface area (Å²) in [6, 6.07) is 3.73. The van der Waals surface area contributed by atoms with E-state index in [4.69, 9.17) is 0 Å². The number of hydrogen-bond donors (Lipinski definition) is 1. The maximum absolute atomic E-state index is 11.8. The van der Waals surface area contributed by atoms with Gasteiger partial charge >= 0.3 is 0 Å². The minimum atomic E-state index is 0.0193. The van der Waals surface area contributed by atoms with Gasteiger partial charge in [0.15, 0.2) is 5.78 Å². The summed E-state index contributed by atoms with van der Waals surface area (Å²) in [7, 11) is 0. The zero-order valence-electron chi connectivity index (χ0n) is 13.7. The molecule has 1 aromatic rings. The molecule has 0 radical (unpaired) electrons. The van der Waals surface area contributed by atoms with Crippen LogP contribution in [0.3, 0.4) is 0 Å². The van der Waals surface area contributed by atoms with Crippen molar-refractivity contribution in [1.29, 1.82) is 0 Å². The van der Waals surface area contributed by atoms with Crippen molar-refractivity contribution >= 4 is 5.78 Å². The van der Waals surface area contributed by atoms with Crippen LogP contribution in [0, 0.1) is 0 Å². The Morgan fingerprint density at radius 2 is 1.95 bits per heavy atom. The number of hydrogen-bond acceptors (Lipinski definition) is 2. The molecule has 0 aliphatic heterocycles. The van der Waals surface area contributed by atoms with Crippen molar-refractivity contribution in [3.63, 3.8) is 0 Å². The van der Waals surface area contributed by atoms with Crippen LogP contribution in [0.4, 0.5) is 0 Å². The molecule has 1 aliphatic carbocycles. The van der Waals surface area contributed by atoms with E-state index in [1.807, 2.05) is 32.9 Å². The zero-order chi connectivity index (χ0) is 15.5. The van der Waals surface area contributed by atoms with Crippen LogP contribution in [0.1, 0.15) is 88.2 Å². The number of carbonyl (C=O) groups excluding carboxylic acids is 1. The van der Waals surface area contributed by atoms with Gasteiger partial charge in [-0.2, -0.15) is 0 Å². The van der Waals surface area contributed by atoms with E-state index >= 15 is 0 Å². The molecular formula is C18H28O2. The van der Waals surface area contributed by atoms with Crippen LogP contribution >= 0.6 is 0 Å². The van der Waals surface area contributed by atoms with E-state index in [0.29, 0.717) is 17.9 Å². The molecule has 0 saturated heterocycles. The molecule has 0 bridgehead atoms. The van der Waals surface area contributed by atoms with Gasteiger partial charge in [0.25, 0.3) is 0 Å². The molecule has 2 rings (SSSR count). The van der Waals surface area contributed by atoms with Crippen molar-refractivity contribution in [2.75, 3.05) is 0 Å². The Morgan fingerprint density at radius 1 is 1.35 bits per heavy atom. The van der Waals surface area contributed by atoms with Crippen molar-refractivity contribution in [2.24, 2.45) is 0 Å². The predicted octanol–water partition coefficient (Wildman–Crippen LogP) is 5.19. The van der Waals surface area contributed by atoms with Crippen LogP contribution in [0.25, 0.3) is 0 Å². The largest absolute Gasteiger partial charge is 0.507 e. The first kappa shape index (κ1) is 16.7. The quantitative estimate of drug-likeness (QED) is 0.755. The SMILES string of the molecule is CC.CCC(=O)c1cc2c(cc1O)C(C)(C)CCC2C. The average Bonchev–Trinajstić information content (AvgIpc) is 2.44. The van der Waals surface area contributed by atoms with E-state index in [1.54, 1.807) is 0 Å². The van der Waals surface area contributed by atoms with Gasteiger partial charge in [-0.15, -0.1) is 0 Å². The van der Waals surface area contributed by atoms with E-state index in [9.17, 15) is 9.90 Å². The first-order chi connectivity index (χ1) is 9.36. The number of phenolic OH excluding ortho intramolecular Hbond substituents is 1. The average molecular weight is 276 g/mol. The van der Waals surface area contributed by atoms with E-state index in [0.717, 1.165) is 12.8 Å². The highest BCUT2D eigenvalue weighted by atomic mass is 16.3. The van der Waals surface area contributed by atoms with Crippen LogP contribution in [0.5, 0.6) is 5.75 Å². The second-order valence-corrected chi connectivity index (χ2v) is 6.06. The highest BCUT2D eigenvalue weighted by Gasteiger charge is 2.32. The van der Waals surface area contributed by atoms with Crippen LogP contribution in [-0.2, 0) is 5.41 Å². The molecule has 2 nitrogen and oxygen atoms in total. The maximum atomic E-state index is 11.8. The number of phenols is 1. The van der Waals surface area contributed by atoms with E-state index in [1.165, 1.54) is 11.1 Å². The van der Waals surface area contributed by atoms with Crippen LogP contribution in [0.15, 0.2) is 12.1 Å². The number of aromatic hydroxyl groups is 1. The molecule has 1 unspecified atom stereocenters. The Balaban J connectivity index is 0.000000956. The highest BCUT2D eigenvalue weighted by molar-refractivity contribution is 5.98. The molecule has 1 atom stereocenters. The number of fused-ring (bicyclic) bond motifs is 1. The van der Waals surface area contributed by atoms with E-state index < -0.39 is 0 Å². The third-order valence-corrected chi connectivity index (χ3v) is 4.25. The summed E-state index contributed by atoms with van der Waals surface area (Å²) in [6.45, 7) is 12.4. The molecule has 1 aliphatic rings. The molecule has 2 heteroatoms. The summed E-state index contributed by atoms with van der Waals surface area (Å²) < 4.78 is 0. The Hall–Kier alpha value is -1.31. The van der Waals surface area contributed by atoms with Gasteiger partial charge in [0.2, 0.25) is 0 Å². The van der Waals surface area contributed by atoms with Gasteiger partial charge in [-0.25, -0.2) is 0 Å². The number of rotatable bonds is 2. The monoisotopic (exact) mass is 276 g/mol. The van der Waals surface area contributed by atoms with Crippen molar-refractivity contribution in [1.82, 2.24) is 0 Å². The highest BCUT2D eigenvalue weighted by Crippen LogP contribution is 2.44. The molecule has 112 valence electrons. The Bertz CT molecular complexity index is 486. The molecule has 1 N–H and O–H groups in total. The lowest BCUT2D eigenvalue weighted by Gasteiger charge is -2.36. The van der Waals surface area contributed by atoms with E-state index in [2.05, 4.69) is 20.8 Å². The molecule has 0 aromatic heterocycles. The summed E-state index contributed by atoms with van der Waals surface area (Å²) in [5.41, 5.74) is 3.01. The van der Waals surface area contributed by atoms with Crippen molar-refractivity contribution in [2.45, 2.75) is 72.1 Å². The summed E-state index contributed by atoms with van der Waals surface area (Å²) in [5, 5.41) is 10.1. The Kier molecular flexibility index (Phi) is 5.38. The fraction of sp³-hybridized carbons (Fsp3) is 0.611. The van der Waals surface area contributed by atoms with Crippen molar-refractivity contribution in [3.8, 4) is 5.75 Å². The minimum absolute atomic E-state index is 0.0193. The molecule has 1 aromatic carbocycles. The standard InChI is InChI=1S/C16H22O2.C2H6/c1-5-14(17)12-8-11-10(2)6-7-16(3,4)13(11)9-15(12)18;1-2/h8-10,18H,5-7H2,1-4H3;1-2H3. The number of benzene rings is 1. The van der Waals surface area contributed by atoms with Crippen LogP contribution in [-0.4, -0.2) is 10.9 Å². The number of carbonyl (C=O) groups is 1. The van der Waals surface area contributed by atoms with Gasteiger partial charge in [-0.1, -0.05) is 41.5 Å². The van der Waals surface area contributed by atoms with Gasteiger partial charge in [-0.05, 0) is 47.4 Å². The van der Waals surface area contributed by atoms with Gasteiger partial charge in [-0.3, -0.25) is 4.79 Å². The van der Waals surface area contributed by atoms with Crippen molar-refractivity contribution in [3.05, 3.63) is 28.8 Å². The summed E-state index contributed by atoms with van der Waals surface area (Å²) >= 11 is 0. The normalized spacial score (nSPS) is 19.6. The van der Waals surface area contributed by atoms with Gasteiger partial charge in [0.1, 0.15) is 5.75 Å². The molecular weight excluding hydrogens is 248 g/mol. The second-order valence-electron chi connectivity index (χ2n) is 6.06. The van der Waals surface area contributed by atoms with E-state index in [-0.39, 0.29) is 16.9 Å².